The average molecular weight is 321 g/mol. The Labute approximate surface area is 134 Å². The van der Waals surface area contributed by atoms with Crippen LogP contribution < -0.4 is 0 Å². The second-order valence-corrected chi connectivity index (χ2v) is 5.55. The van der Waals surface area contributed by atoms with Crippen molar-refractivity contribution < 1.29 is 23.5 Å². The van der Waals surface area contributed by atoms with Gasteiger partial charge in [0.2, 0.25) is 0 Å². The van der Waals surface area contributed by atoms with Crippen LogP contribution in [0.1, 0.15) is 19.4 Å². The minimum Gasteiger partial charge on any atom is -0.452 e. The molecule has 6 heteroatoms. The van der Waals surface area contributed by atoms with Crippen LogP contribution in [0.15, 0.2) is 30.3 Å². The smallest absolute Gasteiger partial charge is 0.331 e. The molecule has 1 aromatic rings. The Hall–Kier alpha value is -2.21. The van der Waals surface area contributed by atoms with Crippen LogP contribution in [0.5, 0.6) is 0 Å². The van der Waals surface area contributed by atoms with Gasteiger partial charge in [0.05, 0.1) is 12.2 Å². The number of hydrogen-bond donors (Lipinski definition) is 0. The number of carbonyl (C=O) groups is 2. The molecule has 0 unspecified atom stereocenters. The lowest BCUT2D eigenvalue weighted by atomic mass is 10.2. The molecule has 5 nitrogen and oxygen atoms in total. The quantitative estimate of drug-likeness (QED) is 0.629. The molecule has 0 bridgehead atoms. The summed E-state index contributed by atoms with van der Waals surface area (Å²) in [4.78, 5) is 25.3. The highest BCUT2D eigenvalue weighted by molar-refractivity contribution is 5.89. The number of halogens is 1. The van der Waals surface area contributed by atoms with E-state index in [1.807, 2.05) is 13.8 Å². The molecule has 0 radical (unpaired) electrons. The molecular formula is C17H20FNO4. The minimum absolute atomic E-state index is 0.0359. The highest BCUT2D eigenvalue weighted by atomic mass is 19.1. The lowest BCUT2D eigenvalue weighted by Crippen LogP contribution is -2.49. The largest absolute Gasteiger partial charge is 0.452 e. The maximum absolute atomic E-state index is 13.0. The zero-order valence-corrected chi connectivity index (χ0v) is 13.2. The lowest BCUT2D eigenvalue weighted by molar-refractivity contribution is -0.154. The standard InChI is InChI=1S/C17H20FNO4/c1-12-9-19(10-13(2)23-12)16(20)11-22-17(21)7-6-14-4-3-5-15(18)8-14/h3-8,12-13H,9-11H2,1-2H3/b7-6+/t12-,13-/m0/s1. The highest BCUT2D eigenvalue weighted by Crippen LogP contribution is 2.11. The molecule has 0 aromatic heterocycles. The van der Waals surface area contributed by atoms with Gasteiger partial charge in [-0.15, -0.1) is 0 Å². The fraction of sp³-hybridized carbons (Fsp3) is 0.412. The van der Waals surface area contributed by atoms with Crippen LogP contribution in [0, 0.1) is 5.82 Å². The van der Waals surface area contributed by atoms with Gasteiger partial charge in [0.25, 0.3) is 5.91 Å². The Morgan fingerprint density at radius 3 is 2.70 bits per heavy atom. The molecule has 1 fully saturated rings. The van der Waals surface area contributed by atoms with Crippen LogP contribution in [-0.2, 0) is 19.1 Å². The summed E-state index contributed by atoms with van der Waals surface area (Å²) in [6, 6.07) is 5.82. The molecule has 1 aromatic carbocycles. The van der Waals surface area contributed by atoms with E-state index in [0.717, 1.165) is 0 Å². The molecule has 2 rings (SSSR count). The van der Waals surface area contributed by atoms with Crippen molar-refractivity contribution >= 4 is 18.0 Å². The molecule has 1 heterocycles. The van der Waals surface area contributed by atoms with Crippen LogP contribution in [0.3, 0.4) is 0 Å². The summed E-state index contributed by atoms with van der Waals surface area (Å²) in [6.07, 6.45) is 2.54. The van der Waals surface area contributed by atoms with Crippen molar-refractivity contribution in [3.05, 3.63) is 41.7 Å². The predicted molar refractivity (Wildman–Crippen MR) is 83.0 cm³/mol. The summed E-state index contributed by atoms with van der Waals surface area (Å²) < 4.78 is 23.5. The van der Waals surface area contributed by atoms with Gasteiger partial charge >= 0.3 is 5.97 Å². The summed E-state index contributed by atoms with van der Waals surface area (Å²) >= 11 is 0. The SMILES string of the molecule is C[C@H]1CN(C(=O)COC(=O)/C=C/c2cccc(F)c2)C[C@H](C)O1. The van der Waals surface area contributed by atoms with Crippen LogP contribution in [0.25, 0.3) is 6.08 Å². The molecule has 0 spiro atoms. The summed E-state index contributed by atoms with van der Waals surface area (Å²) in [7, 11) is 0. The van der Waals surface area contributed by atoms with E-state index in [9.17, 15) is 14.0 Å². The number of rotatable bonds is 4. The molecule has 1 saturated heterocycles. The molecule has 2 atom stereocenters. The Morgan fingerprint density at radius 2 is 2.04 bits per heavy atom. The number of benzene rings is 1. The van der Waals surface area contributed by atoms with Crippen LogP contribution in [0.4, 0.5) is 4.39 Å². The highest BCUT2D eigenvalue weighted by Gasteiger charge is 2.26. The lowest BCUT2D eigenvalue weighted by Gasteiger charge is -2.35. The third-order valence-electron chi connectivity index (χ3n) is 3.37. The molecule has 1 aliphatic heterocycles. The first-order valence-electron chi connectivity index (χ1n) is 7.47. The van der Waals surface area contributed by atoms with E-state index in [1.54, 1.807) is 17.0 Å². The van der Waals surface area contributed by atoms with Gasteiger partial charge in [-0.05, 0) is 37.6 Å². The van der Waals surface area contributed by atoms with E-state index in [-0.39, 0.29) is 30.5 Å². The maximum Gasteiger partial charge on any atom is 0.331 e. The van der Waals surface area contributed by atoms with E-state index < -0.39 is 5.97 Å². The van der Waals surface area contributed by atoms with E-state index >= 15 is 0 Å². The molecule has 124 valence electrons. The van der Waals surface area contributed by atoms with Crippen LogP contribution in [0.2, 0.25) is 0 Å². The van der Waals surface area contributed by atoms with Crippen molar-refractivity contribution in [2.24, 2.45) is 0 Å². The molecule has 1 amide bonds. The zero-order valence-electron chi connectivity index (χ0n) is 13.2. The number of carbonyl (C=O) groups excluding carboxylic acids is 2. The molecule has 0 saturated carbocycles. The summed E-state index contributed by atoms with van der Waals surface area (Å²) in [6.45, 7) is 4.44. The minimum atomic E-state index is -0.642. The number of amides is 1. The Bertz CT molecular complexity index is 592. The second-order valence-electron chi connectivity index (χ2n) is 5.55. The molecule has 1 aliphatic rings. The predicted octanol–water partition coefficient (Wildman–Crippen LogP) is 2.02. The third kappa shape index (κ3) is 5.49. The van der Waals surface area contributed by atoms with Gasteiger partial charge in [0.15, 0.2) is 6.61 Å². The Balaban J connectivity index is 1.80. The molecule has 0 N–H and O–H groups in total. The number of morpholine rings is 1. The van der Waals surface area contributed by atoms with Gasteiger partial charge in [-0.1, -0.05) is 12.1 Å². The van der Waals surface area contributed by atoms with Crippen molar-refractivity contribution in [2.45, 2.75) is 26.1 Å². The van der Waals surface area contributed by atoms with Crippen LogP contribution >= 0.6 is 0 Å². The normalized spacial score (nSPS) is 21.4. The first kappa shape index (κ1) is 17.1. The fourth-order valence-corrected chi connectivity index (χ4v) is 2.43. The summed E-state index contributed by atoms with van der Waals surface area (Å²) in [5, 5.41) is 0. The monoisotopic (exact) mass is 321 g/mol. The topological polar surface area (TPSA) is 55.8 Å². The van der Waals surface area contributed by atoms with Gasteiger partial charge in [-0.3, -0.25) is 4.79 Å². The summed E-state index contributed by atoms with van der Waals surface area (Å²) in [5.74, 6) is -1.28. The van der Waals surface area contributed by atoms with E-state index in [4.69, 9.17) is 9.47 Å². The van der Waals surface area contributed by atoms with E-state index in [0.29, 0.717) is 18.7 Å². The fourth-order valence-electron chi connectivity index (χ4n) is 2.43. The Kier molecular flexibility index (Phi) is 5.87. The van der Waals surface area contributed by atoms with Crippen molar-refractivity contribution in [1.82, 2.24) is 4.90 Å². The second kappa shape index (κ2) is 7.87. The van der Waals surface area contributed by atoms with E-state index in [1.165, 1.54) is 24.3 Å². The maximum atomic E-state index is 13.0. The first-order valence-corrected chi connectivity index (χ1v) is 7.47. The number of nitrogens with zero attached hydrogens (tertiary/aromatic N) is 1. The third-order valence-corrected chi connectivity index (χ3v) is 3.37. The number of ether oxygens (including phenoxy) is 2. The zero-order chi connectivity index (χ0) is 16.8. The van der Waals surface area contributed by atoms with Crippen molar-refractivity contribution in [3.63, 3.8) is 0 Å². The van der Waals surface area contributed by atoms with Crippen molar-refractivity contribution in [2.75, 3.05) is 19.7 Å². The van der Waals surface area contributed by atoms with Gasteiger partial charge in [-0.25, -0.2) is 9.18 Å². The Morgan fingerprint density at radius 1 is 1.35 bits per heavy atom. The first-order chi connectivity index (χ1) is 10.9. The average Bonchev–Trinajstić information content (AvgIpc) is 2.49. The van der Waals surface area contributed by atoms with E-state index in [2.05, 4.69) is 0 Å². The molecule has 23 heavy (non-hydrogen) atoms. The summed E-state index contributed by atoms with van der Waals surface area (Å²) in [5.41, 5.74) is 0.545. The van der Waals surface area contributed by atoms with Crippen molar-refractivity contribution in [1.29, 1.82) is 0 Å². The van der Waals surface area contributed by atoms with Gasteiger partial charge in [0, 0.05) is 19.2 Å². The number of esters is 1. The van der Waals surface area contributed by atoms with Crippen LogP contribution in [-0.4, -0.2) is 48.7 Å². The molecule has 0 aliphatic carbocycles. The van der Waals surface area contributed by atoms with Gasteiger partial charge < -0.3 is 14.4 Å². The van der Waals surface area contributed by atoms with Gasteiger partial charge in [0.1, 0.15) is 5.82 Å². The molecular weight excluding hydrogens is 301 g/mol. The van der Waals surface area contributed by atoms with Crippen molar-refractivity contribution in [3.8, 4) is 0 Å². The van der Waals surface area contributed by atoms with Gasteiger partial charge in [-0.2, -0.15) is 0 Å². The number of hydrogen-bond acceptors (Lipinski definition) is 4.